The molecule has 4 heterocycles. The second-order valence-electron chi connectivity index (χ2n) is 8.12. The van der Waals surface area contributed by atoms with Crippen molar-refractivity contribution in [1.82, 2.24) is 9.66 Å². The third-order valence-corrected chi connectivity index (χ3v) is 6.92. The fourth-order valence-corrected chi connectivity index (χ4v) is 5.39. The summed E-state index contributed by atoms with van der Waals surface area (Å²) in [6, 6.07) is 18.7. The van der Waals surface area contributed by atoms with Crippen molar-refractivity contribution in [2.75, 3.05) is 15.8 Å². The average molecular weight is 469 g/mol. The van der Waals surface area contributed by atoms with Crippen molar-refractivity contribution in [3.8, 4) is 0 Å². The molecule has 6 rings (SSSR count). The molecule has 3 aliphatic rings. The standard InChI is InChI=1S/C24H20N8OS/c1-14-18(23(33)32(29-14)16-10-6-3-7-11-16)17-12-34-24-28-20(15-8-4-2-5-9-15)19-21(25)30(26)13-27-22(19)31(17)24/h2-13,18,20,25H,26H2,1H3. The zero-order valence-corrected chi connectivity index (χ0v) is 19.0. The molecule has 0 radical (unpaired) electrons. The van der Waals surface area contributed by atoms with Crippen LogP contribution >= 0.6 is 11.8 Å². The Labute approximate surface area is 199 Å². The molecule has 3 aliphatic heterocycles. The fraction of sp³-hybridized carbons (Fsp3) is 0.125. The number of amidine groups is 1. The van der Waals surface area contributed by atoms with Crippen LogP contribution in [0.4, 0.5) is 11.5 Å². The number of anilines is 2. The van der Waals surface area contributed by atoms with E-state index in [9.17, 15) is 4.79 Å². The lowest BCUT2D eigenvalue weighted by Gasteiger charge is -2.32. The zero-order valence-electron chi connectivity index (χ0n) is 18.2. The molecular weight excluding hydrogens is 448 g/mol. The number of carbonyl (C=O) groups excluding carboxylic acids is 1. The quantitative estimate of drug-likeness (QED) is 0.574. The molecule has 3 N–H and O–H groups in total. The van der Waals surface area contributed by atoms with Crippen LogP contribution in [0.1, 0.15) is 24.1 Å². The van der Waals surface area contributed by atoms with Gasteiger partial charge in [0.15, 0.2) is 10.7 Å². The number of rotatable bonds is 3. The van der Waals surface area contributed by atoms with Gasteiger partial charge < -0.3 is 5.84 Å². The predicted molar refractivity (Wildman–Crippen MR) is 133 cm³/mol. The molecule has 0 bridgehead atoms. The summed E-state index contributed by atoms with van der Waals surface area (Å²) in [6.07, 6.45) is 1.42. The summed E-state index contributed by atoms with van der Waals surface area (Å²) in [5.41, 5.74) is 3.78. The van der Waals surface area contributed by atoms with Crippen LogP contribution < -0.4 is 21.2 Å². The molecule has 2 aromatic carbocycles. The van der Waals surface area contributed by atoms with Crippen molar-refractivity contribution in [3.05, 3.63) is 94.7 Å². The number of para-hydroxylation sites is 1. The first kappa shape index (κ1) is 20.4. The largest absolute Gasteiger partial charge is 0.336 e. The van der Waals surface area contributed by atoms with Crippen molar-refractivity contribution < 1.29 is 4.79 Å². The Hall–Kier alpha value is -4.18. The van der Waals surface area contributed by atoms with E-state index >= 15 is 0 Å². The van der Waals surface area contributed by atoms with E-state index in [1.54, 1.807) is 0 Å². The summed E-state index contributed by atoms with van der Waals surface area (Å²) < 4.78 is 1.19. The molecule has 1 amide bonds. The number of nitrogens with one attached hydrogen (secondary N) is 1. The maximum absolute atomic E-state index is 13.5. The van der Waals surface area contributed by atoms with Gasteiger partial charge in [0.05, 0.1) is 22.7 Å². The summed E-state index contributed by atoms with van der Waals surface area (Å²) in [5, 5.41) is 17.3. The number of nitrogens with two attached hydrogens (primary N) is 1. The Morgan fingerprint density at radius 2 is 1.76 bits per heavy atom. The highest BCUT2D eigenvalue weighted by molar-refractivity contribution is 8.17. The summed E-state index contributed by atoms with van der Waals surface area (Å²) in [4.78, 5) is 24.9. The van der Waals surface area contributed by atoms with Gasteiger partial charge in [-0.1, -0.05) is 60.3 Å². The first-order chi connectivity index (χ1) is 16.5. The number of nitrogen functional groups attached to an aromatic ring is 1. The number of nitrogens with zero attached hydrogens (tertiary/aromatic N) is 6. The molecular formula is C24H20N8OS. The Kier molecular flexibility index (Phi) is 4.63. The Balaban J connectivity index is 1.45. The molecule has 0 aliphatic carbocycles. The molecule has 9 nitrogen and oxygen atoms in total. The van der Waals surface area contributed by atoms with E-state index < -0.39 is 12.0 Å². The monoisotopic (exact) mass is 468 g/mol. The van der Waals surface area contributed by atoms with Crippen molar-refractivity contribution in [2.24, 2.45) is 16.0 Å². The Bertz CT molecular complexity index is 1460. The number of hydrogen-bond donors (Lipinski definition) is 2. The molecule has 2 atom stereocenters. The normalized spacial score (nSPS) is 21.1. The van der Waals surface area contributed by atoms with Gasteiger partial charge in [0, 0.05) is 5.41 Å². The van der Waals surface area contributed by atoms with Gasteiger partial charge in [0.25, 0.3) is 5.91 Å². The van der Waals surface area contributed by atoms with Crippen LogP contribution in [0.5, 0.6) is 0 Å². The van der Waals surface area contributed by atoms with Crippen LogP contribution in [0, 0.1) is 11.3 Å². The van der Waals surface area contributed by atoms with E-state index in [1.165, 1.54) is 27.8 Å². The number of aromatic nitrogens is 2. The first-order valence-corrected chi connectivity index (χ1v) is 11.6. The van der Waals surface area contributed by atoms with Gasteiger partial charge in [-0.15, -0.1) is 0 Å². The number of carbonyl (C=O) groups is 1. The summed E-state index contributed by atoms with van der Waals surface area (Å²) in [7, 11) is 0. The Morgan fingerprint density at radius 1 is 1.06 bits per heavy atom. The van der Waals surface area contributed by atoms with Gasteiger partial charge in [-0.2, -0.15) is 10.1 Å². The number of hydrazone groups is 1. The van der Waals surface area contributed by atoms with E-state index in [0.717, 1.165) is 11.3 Å². The number of aliphatic imine (C=N–C) groups is 1. The minimum absolute atomic E-state index is 0.118. The summed E-state index contributed by atoms with van der Waals surface area (Å²) in [6.45, 7) is 1.85. The Morgan fingerprint density at radius 3 is 2.50 bits per heavy atom. The molecule has 0 saturated carbocycles. The number of amides is 1. The fourth-order valence-electron chi connectivity index (χ4n) is 4.46. The van der Waals surface area contributed by atoms with Crippen molar-refractivity contribution >= 4 is 40.1 Å². The molecule has 3 aromatic rings. The lowest BCUT2D eigenvalue weighted by molar-refractivity contribution is -0.119. The van der Waals surface area contributed by atoms with Crippen LogP contribution in [-0.2, 0) is 4.79 Å². The molecule has 34 heavy (non-hydrogen) atoms. The van der Waals surface area contributed by atoms with Crippen molar-refractivity contribution in [2.45, 2.75) is 13.0 Å². The van der Waals surface area contributed by atoms with Gasteiger partial charge >= 0.3 is 0 Å². The predicted octanol–water partition coefficient (Wildman–Crippen LogP) is 2.97. The van der Waals surface area contributed by atoms with Gasteiger partial charge in [-0.25, -0.2) is 14.7 Å². The maximum atomic E-state index is 13.5. The van der Waals surface area contributed by atoms with Gasteiger partial charge in [0.2, 0.25) is 0 Å². The number of fused-ring (bicyclic) bond motifs is 3. The lowest BCUT2D eigenvalue weighted by Crippen LogP contribution is -2.42. The van der Waals surface area contributed by atoms with E-state index in [-0.39, 0.29) is 11.4 Å². The van der Waals surface area contributed by atoms with Gasteiger partial charge in [-0.05, 0) is 24.6 Å². The highest BCUT2D eigenvalue weighted by atomic mass is 32.2. The van der Waals surface area contributed by atoms with E-state index in [2.05, 4.69) is 10.1 Å². The highest BCUT2D eigenvalue weighted by Crippen LogP contribution is 2.45. The number of hydrogen-bond acceptors (Lipinski definition) is 8. The van der Waals surface area contributed by atoms with Crippen molar-refractivity contribution in [3.63, 3.8) is 0 Å². The van der Waals surface area contributed by atoms with Crippen molar-refractivity contribution in [1.29, 1.82) is 5.41 Å². The van der Waals surface area contributed by atoms with E-state index in [4.69, 9.17) is 16.2 Å². The molecule has 2 unspecified atom stereocenters. The molecule has 1 aromatic heterocycles. The molecule has 0 fully saturated rings. The average Bonchev–Trinajstić information content (AvgIpc) is 3.41. The first-order valence-electron chi connectivity index (χ1n) is 10.7. The van der Waals surface area contributed by atoms with E-state index in [0.29, 0.717) is 27.9 Å². The molecule has 0 saturated heterocycles. The van der Waals surface area contributed by atoms with Crippen LogP contribution in [-0.4, -0.2) is 26.4 Å². The second kappa shape index (κ2) is 7.70. The highest BCUT2D eigenvalue weighted by Gasteiger charge is 2.45. The lowest BCUT2D eigenvalue weighted by atomic mass is 9.96. The van der Waals surface area contributed by atoms with Crippen LogP contribution in [0.15, 0.2) is 88.2 Å². The minimum Gasteiger partial charge on any atom is -0.336 e. The summed E-state index contributed by atoms with van der Waals surface area (Å²) in [5.74, 6) is 5.84. The topological polar surface area (TPSA) is 116 Å². The smallest absolute Gasteiger partial charge is 0.262 e. The number of benzene rings is 2. The molecule has 168 valence electrons. The second-order valence-corrected chi connectivity index (χ2v) is 8.96. The van der Waals surface area contributed by atoms with Gasteiger partial charge in [0.1, 0.15) is 24.1 Å². The van der Waals surface area contributed by atoms with Gasteiger partial charge in [-0.3, -0.25) is 15.1 Å². The summed E-state index contributed by atoms with van der Waals surface area (Å²) >= 11 is 1.44. The SMILES string of the molecule is CC1=NN(c2ccccc2)C(=O)C1C1=CSC2=NC(c3ccccc3)c3c(ncn(N)c3=N)N12. The maximum Gasteiger partial charge on any atom is 0.262 e. The third kappa shape index (κ3) is 2.99. The third-order valence-electron chi connectivity index (χ3n) is 6.06. The van der Waals surface area contributed by atoms with Crippen LogP contribution in [0.2, 0.25) is 0 Å². The number of thioether (sulfide) groups is 1. The van der Waals surface area contributed by atoms with Crippen LogP contribution in [0.3, 0.4) is 0 Å². The van der Waals surface area contributed by atoms with E-state index in [1.807, 2.05) is 77.9 Å². The molecule has 0 spiro atoms. The minimum atomic E-state index is -0.581. The van der Waals surface area contributed by atoms with Crippen LogP contribution in [0.25, 0.3) is 0 Å². The zero-order chi connectivity index (χ0) is 23.4. The molecule has 10 heteroatoms.